The minimum atomic E-state index is 0.600. The molecule has 2 rings (SSSR count). The Labute approximate surface area is 122 Å². The molecule has 0 saturated heterocycles. The molecule has 0 bridgehead atoms. The first-order valence-corrected chi connectivity index (χ1v) is 6.99. The molecule has 0 radical (unpaired) electrons. The minimum Gasteiger partial charge on any atom is -0.492 e. The quantitative estimate of drug-likeness (QED) is 0.841. The van der Waals surface area contributed by atoms with Crippen LogP contribution in [0.3, 0.4) is 0 Å². The third-order valence-corrected chi connectivity index (χ3v) is 3.28. The van der Waals surface area contributed by atoms with Crippen LogP contribution >= 0.6 is 31.9 Å². The number of anilines is 1. The van der Waals surface area contributed by atoms with Gasteiger partial charge >= 0.3 is 0 Å². The highest BCUT2D eigenvalue weighted by molar-refractivity contribution is 9.11. The summed E-state index contributed by atoms with van der Waals surface area (Å²) < 4.78 is 7.56. The Bertz CT molecular complexity index is 516. The highest BCUT2D eigenvalue weighted by Gasteiger charge is 2.10. The average Bonchev–Trinajstić information content (AvgIpc) is 2.83. The molecule has 0 amide bonds. The van der Waals surface area contributed by atoms with Crippen LogP contribution in [-0.4, -0.2) is 21.8 Å². The van der Waals surface area contributed by atoms with Crippen LogP contribution in [0.15, 0.2) is 27.4 Å². The van der Waals surface area contributed by atoms with Gasteiger partial charge in [-0.2, -0.15) is 5.10 Å². The van der Waals surface area contributed by atoms with Crippen LogP contribution in [0.4, 0.5) is 5.95 Å². The Kier molecular flexibility index (Phi) is 4.60. The number of rotatable bonds is 5. The molecule has 7 heteroatoms. The largest absolute Gasteiger partial charge is 0.492 e. The average molecular weight is 376 g/mol. The third kappa shape index (κ3) is 3.23. The van der Waals surface area contributed by atoms with Crippen molar-refractivity contribution >= 4 is 37.8 Å². The van der Waals surface area contributed by atoms with Crippen LogP contribution in [0.5, 0.6) is 5.75 Å². The monoisotopic (exact) mass is 374 g/mol. The number of ether oxygens (including phenoxy) is 1. The molecule has 1 aromatic heterocycles. The van der Waals surface area contributed by atoms with E-state index in [1.807, 2.05) is 19.1 Å². The van der Waals surface area contributed by atoms with E-state index in [4.69, 9.17) is 4.74 Å². The summed E-state index contributed by atoms with van der Waals surface area (Å²) in [5.41, 5.74) is 1.04. The van der Waals surface area contributed by atoms with Gasteiger partial charge in [0, 0.05) is 16.6 Å². The molecule has 1 heterocycles. The second kappa shape index (κ2) is 6.19. The summed E-state index contributed by atoms with van der Waals surface area (Å²) in [5, 5.41) is 9.67. The number of nitrogens with one attached hydrogen (secondary N) is 2. The molecule has 1 aromatic carbocycles. The van der Waals surface area contributed by atoms with Crippen LogP contribution in [0.1, 0.15) is 12.5 Å². The summed E-state index contributed by atoms with van der Waals surface area (Å²) in [6.07, 6.45) is 1.46. The lowest BCUT2D eigenvalue weighted by Crippen LogP contribution is -2.05. The first-order valence-electron chi connectivity index (χ1n) is 5.40. The summed E-state index contributed by atoms with van der Waals surface area (Å²) in [6, 6.07) is 3.97. The number of aromatic amines is 1. The number of H-pyrrole nitrogens is 1. The van der Waals surface area contributed by atoms with E-state index in [9.17, 15) is 0 Å². The van der Waals surface area contributed by atoms with E-state index < -0.39 is 0 Å². The number of halogens is 2. The zero-order valence-electron chi connectivity index (χ0n) is 9.70. The molecule has 5 nitrogen and oxygen atoms in total. The summed E-state index contributed by atoms with van der Waals surface area (Å²) in [6.45, 7) is 3.18. The maximum Gasteiger partial charge on any atom is 0.218 e. The molecule has 0 spiro atoms. The lowest BCUT2D eigenvalue weighted by molar-refractivity contribution is 0.334. The van der Waals surface area contributed by atoms with Crippen molar-refractivity contribution in [3.63, 3.8) is 0 Å². The fraction of sp³-hybridized carbons (Fsp3) is 0.273. The van der Waals surface area contributed by atoms with Gasteiger partial charge in [0.1, 0.15) is 12.1 Å². The second-order valence-electron chi connectivity index (χ2n) is 3.50. The van der Waals surface area contributed by atoms with Crippen molar-refractivity contribution in [1.29, 1.82) is 0 Å². The number of nitrogens with zero attached hydrogens (tertiary/aromatic N) is 2. The summed E-state index contributed by atoms with van der Waals surface area (Å²) >= 11 is 6.97. The van der Waals surface area contributed by atoms with Crippen molar-refractivity contribution in [1.82, 2.24) is 15.2 Å². The van der Waals surface area contributed by atoms with E-state index in [1.54, 1.807) is 0 Å². The number of aromatic nitrogens is 3. The van der Waals surface area contributed by atoms with Gasteiger partial charge in [-0.1, -0.05) is 15.9 Å². The molecule has 2 N–H and O–H groups in total. The molecule has 0 fully saturated rings. The lowest BCUT2D eigenvalue weighted by Gasteiger charge is -2.13. The van der Waals surface area contributed by atoms with Crippen molar-refractivity contribution < 1.29 is 4.74 Å². The smallest absolute Gasteiger partial charge is 0.218 e. The first kappa shape index (κ1) is 13.4. The van der Waals surface area contributed by atoms with Gasteiger partial charge in [0.05, 0.1) is 11.1 Å². The van der Waals surface area contributed by atoms with Gasteiger partial charge in [-0.3, -0.25) is 0 Å². The SMILES string of the molecule is CCOc1c(Br)cc(Br)cc1CNc1ncn[nH]1. The zero-order chi connectivity index (χ0) is 13.0. The summed E-state index contributed by atoms with van der Waals surface area (Å²) in [7, 11) is 0. The lowest BCUT2D eigenvalue weighted by atomic mass is 10.2. The van der Waals surface area contributed by atoms with Crippen LogP contribution < -0.4 is 10.1 Å². The third-order valence-electron chi connectivity index (χ3n) is 2.24. The minimum absolute atomic E-state index is 0.600. The van der Waals surface area contributed by atoms with Crippen LogP contribution in [0.25, 0.3) is 0 Å². The molecular formula is C11H12Br2N4O. The molecule has 0 atom stereocenters. The van der Waals surface area contributed by atoms with Crippen LogP contribution in [0.2, 0.25) is 0 Å². The predicted octanol–water partition coefficient (Wildman–Crippen LogP) is 3.34. The van der Waals surface area contributed by atoms with Crippen molar-refractivity contribution in [3.05, 3.63) is 33.0 Å². The molecule has 96 valence electrons. The Morgan fingerprint density at radius 3 is 2.89 bits per heavy atom. The standard InChI is InChI=1S/C11H12Br2N4O/c1-2-18-10-7(3-8(12)4-9(10)13)5-14-11-15-6-16-17-11/h3-4,6H,2,5H2,1H3,(H2,14,15,16,17). The molecular weight excluding hydrogens is 364 g/mol. The molecule has 18 heavy (non-hydrogen) atoms. The van der Waals surface area contributed by atoms with E-state index in [0.717, 1.165) is 20.3 Å². The normalized spacial score (nSPS) is 10.4. The number of hydrogen-bond donors (Lipinski definition) is 2. The topological polar surface area (TPSA) is 62.8 Å². The number of benzene rings is 1. The highest BCUT2D eigenvalue weighted by Crippen LogP contribution is 2.33. The fourth-order valence-electron chi connectivity index (χ4n) is 1.52. The molecule has 2 aromatic rings. The van der Waals surface area contributed by atoms with E-state index >= 15 is 0 Å². The molecule has 0 aliphatic rings. The molecule has 0 saturated carbocycles. The van der Waals surface area contributed by atoms with E-state index in [2.05, 4.69) is 52.4 Å². The van der Waals surface area contributed by atoms with Gasteiger partial charge in [-0.25, -0.2) is 10.1 Å². The van der Waals surface area contributed by atoms with Gasteiger partial charge in [0.25, 0.3) is 0 Å². The van der Waals surface area contributed by atoms with E-state index in [1.165, 1.54) is 6.33 Å². The van der Waals surface area contributed by atoms with Gasteiger partial charge < -0.3 is 10.1 Å². The summed E-state index contributed by atoms with van der Waals surface area (Å²) in [5.74, 6) is 1.47. The Balaban J connectivity index is 2.19. The highest BCUT2D eigenvalue weighted by atomic mass is 79.9. The second-order valence-corrected chi connectivity index (χ2v) is 5.27. The molecule has 0 unspecified atom stereocenters. The fourth-order valence-corrected chi connectivity index (χ4v) is 2.95. The maximum atomic E-state index is 5.64. The Morgan fingerprint density at radius 2 is 2.22 bits per heavy atom. The number of hydrogen-bond acceptors (Lipinski definition) is 4. The van der Waals surface area contributed by atoms with Gasteiger partial charge in [-0.15, -0.1) is 0 Å². The van der Waals surface area contributed by atoms with Crippen molar-refractivity contribution in [2.45, 2.75) is 13.5 Å². The van der Waals surface area contributed by atoms with Crippen LogP contribution in [0, 0.1) is 0 Å². The van der Waals surface area contributed by atoms with E-state index in [0.29, 0.717) is 19.1 Å². The van der Waals surface area contributed by atoms with Gasteiger partial charge in [-0.05, 0) is 35.0 Å². The van der Waals surface area contributed by atoms with Crippen molar-refractivity contribution in [3.8, 4) is 5.75 Å². The maximum absolute atomic E-state index is 5.64. The molecule has 0 aliphatic carbocycles. The first-order chi connectivity index (χ1) is 8.70. The van der Waals surface area contributed by atoms with Crippen LogP contribution in [-0.2, 0) is 6.54 Å². The van der Waals surface area contributed by atoms with Gasteiger partial charge in [0.2, 0.25) is 5.95 Å². The van der Waals surface area contributed by atoms with Crippen molar-refractivity contribution in [2.75, 3.05) is 11.9 Å². The Morgan fingerprint density at radius 1 is 1.39 bits per heavy atom. The predicted molar refractivity (Wildman–Crippen MR) is 76.7 cm³/mol. The zero-order valence-corrected chi connectivity index (χ0v) is 12.9. The van der Waals surface area contributed by atoms with Gasteiger partial charge in [0.15, 0.2) is 0 Å². The summed E-state index contributed by atoms with van der Waals surface area (Å²) in [4.78, 5) is 4.01. The Hall–Kier alpha value is -1.08. The van der Waals surface area contributed by atoms with E-state index in [-0.39, 0.29) is 0 Å². The molecule has 0 aliphatic heterocycles. The van der Waals surface area contributed by atoms with Crippen molar-refractivity contribution in [2.24, 2.45) is 0 Å².